The zero-order valence-electron chi connectivity index (χ0n) is 107. The molecule has 133 heavy (non-hydrogen) atoms. The van der Waals surface area contributed by atoms with E-state index in [1.54, 1.807) is 0 Å². The van der Waals surface area contributed by atoms with Crippen LogP contribution in [0.3, 0.4) is 0 Å². The maximum absolute atomic E-state index is 3.71. The van der Waals surface area contributed by atoms with Gasteiger partial charge in [-0.3, -0.25) is 0 Å². The summed E-state index contributed by atoms with van der Waals surface area (Å²) in [7, 11) is 0. The van der Waals surface area contributed by atoms with Crippen LogP contribution in [0, 0.1) is 160 Å². The predicted molar refractivity (Wildman–Crippen MR) is 630 cm³/mol. The fourth-order valence-corrected chi connectivity index (χ4v) is 27.2. The lowest BCUT2D eigenvalue weighted by atomic mass is 9.51. The first-order chi connectivity index (χ1) is 61.7. The molecular weight excluding hydrogens is 1600 g/mol. The first-order valence-electron chi connectivity index (χ1n) is 60.9. The van der Waals surface area contributed by atoms with Crippen molar-refractivity contribution >= 4 is 0 Å². The second-order valence-electron chi connectivity index (χ2n) is 50.2. The van der Waals surface area contributed by atoms with Crippen molar-refractivity contribution in [1.29, 1.82) is 0 Å². The molecule has 0 radical (unpaired) electrons. The normalized spacial score (nSPS) is 21.1. The largest absolute Gasteiger partial charge is 0.316 e. The van der Waals surface area contributed by atoms with Crippen LogP contribution >= 0.6 is 0 Å². The summed E-state index contributed by atoms with van der Waals surface area (Å²) in [5.74, 6) is 13.6. The number of nitrogens with one attached hydrogen (secondary N) is 3. The third-order valence-corrected chi connectivity index (χ3v) is 37.5. The number of rotatable bonds is 16. The molecule has 10 aliphatic rings. The lowest BCUT2D eigenvalue weighted by Crippen LogP contribution is -2.63. The molecular formula is C130H283N3. The number of hydrogen-bond acceptors (Lipinski definition) is 3. The Hall–Kier alpha value is -0.120. The van der Waals surface area contributed by atoms with Crippen molar-refractivity contribution in [3.8, 4) is 0 Å². The molecule has 818 valence electrons. The maximum atomic E-state index is 3.71. The molecule has 0 aromatic rings. The van der Waals surface area contributed by atoms with Gasteiger partial charge in [-0.2, -0.15) is 0 Å². The predicted octanol–water partition coefficient (Wildman–Crippen LogP) is 45.6. The van der Waals surface area contributed by atoms with Gasteiger partial charge in [-0.25, -0.2) is 0 Å². The van der Waals surface area contributed by atoms with Gasteiger partial charge in [-0.1, -0.05) is 533 Å². The van der Waals surface area contributed by atoms with Crippen LogP contribution in [0.4, 0.5) is 0 Å². The van der Waals surface area contributed by atoms with Gasteiger partial charge >= 0.3 is 0 Å². The molecule has 0 amide bonds. The van der Waals surface area contributed by atoms with Gasteiger partial charge < -0.3 is 16.0 Å². The van der Waals surface area contributed by atoms with Crippen molar-refractivity contribution in [1.82, 2.24) is 16.0 Å². The lowest BCUT2D eigenvalue weighted by Gasteiger charge is -2.54. The highest BCUT2D eigenvalue weighted by Crippen LogP contribution is 2.64. The number of hydrogen-bond donors (Lipinski definition) is 3. The van der Waals surface area contributed by atoms with Gasteiger partial charge in [0.2, 0.25) is 0 Å². The van der Waals surface area contributed by atoms with Crippen LogP contribution in [0.15, 0.2) is 0 Å². The Morgan fingerprint density at radius 2 is 0.383 bits per heavy atom. The zero-order chi connectivity index (χ0) is 108. The van der Waals surface area contributed by atoms with E-state index >= 15 is 0 Å². The van der Waals surface area contributed by atoms with Crippen molar-refractivity contribution in [3.05, 3.63) is 0 Å². The summed E-state index contributed by atoms with van der Waals surface area (Å²) in [6.45, 7) is 150. The molecule has 0 spiro atoms. The van der Waals surface area contributed by atoms with E-state index in [0.717, 1.165) is 106 Å². The van der Waals surface area contributed by atoms with Crippen LogP contribution < -0.4 is 16.0 Å². The summed E-state index contributed by atoms with van der Waals surface area (Å²) >= 11 is 0. The Bertz CT molecular complexity index is 2180. The maximum Gasteiger partial charge on any atom is 0.0253 e. The smallest absolute Gasteiger partial charge is 0.0253 e. The molecule has 1 unspecified atom stereocenters. The summed E-state index contributed by atoms with van der Waals surface area (Å²) in [5, 5.41) is 10.7. The third kappa shape index (κ3) is 46.4. The van der Waals surface area contributed by atoms with Crippen molar-refractivity contribution < 1.29 is 0 Å². The molecule has 7 aliphatic carbocycles. The van der Waals surface area contributed by atoms with E-state index in [4.69, 9.17) is 0 Å². The van der Waals surface area contributed by atoms with Crippen molar-refractivity contribution in [2.45, 2.75) is 660 Å². The van der Waals surface area contributed by atoms with Crippen LogP contribution in [0.2, 0.25) is 0 Å². The van der Waals surface area contributed by atoms with E-state index in [1.165, 1.54) is 232 Å². The Morgan fingerprint density at radius 1 is 0.165 bits per heavy atom. The Labute approximate surface area is 856 Å². The van der Waals surface area contributed by atoms with Crippen LogP contribution in [-0.4, -0.2) is 37.3 Å². The van der Waals surface area contributed by atoms with Crippen LogP contribution in [0.25, 0.3) is 0 Å². The van der Waals surface area contributed by atoms with Gasteiger partial charge in [0.05, 0.1) is 0 Å². The zero-order valence-corrected chi connectivity index (χ0v) is 107. The summed E-state index contributed by atoms with van der Waals surface area (Å²) < 4.78 is 0. The fraction of sp³-hybridized carbons (Fsp3) is 1.00. The molecule has 3 aliphatic heterocycles. The Morgan fingerprint density at radius 3 is 0.474 bits per heavy atom. The van der Waals surface area contributed by atoms with Crippen molar-refractivity contribution in [2.75, 3.05) is 26.2 Å². The summed E-state index contributed by atoms with van der Waals surface area (Å²) in [6.07, 6.45) is 46.4. The molecule has 7 saturated carbocycles. The molecule has 0 aromatic carbocycles. The fourth-order valence-electron chi connectivity index (χ4n) is 27.2. The molecule has 3 nitrogen and oxygen atoms in total. The third-order valence-electron chi connectivity index (χ3n) is 37.5. The molecule has 10 rings (SSSR count). The minimum atomic E-state index is 0.382. The van der Waals surface area contributed by atoms with Gasteiger partial charge in [0.1, 0.15) is 0 Å². The average molecular weight is 1890 g/mol. The van der Waals surface area contributed by atoms with E-state index in [2.05, 4.69) is 321 Å². The summed E-state index contributed by atoms with van der Waals surface area (Å²) in [4.78, 5) is 0. The standard InChI is InChI=1S/C15H30.2C12H24.C11H23N.C11H22.C10H21N.3C10H20.C9H19N.10C2H6/c1-13(2,3)15(14(4,5)6)11-9-7-8-10-12-15;2*1-10(2)12(11(3)4)8-6-5-7-9-12;1-9(2)11(10(3,4)5)7-6-8-12-11;1-9(2)11(10(3)4)7-5-6-8-11;1-8(2)10(9(3)4)5-6-11-7-10;1-8(2)10(6-7-10)9(3,4)5;2*1-8(2)10(9(3)4)6-5-7-10;1-7(2)9(8(3)4)5-6-10-9;10*1-2/h7-12H2,1-6H3;2*10-11H,5-9H2,1-4H3;9,12H,6-8H2,1-5H3;9-10H,5-8H2,1-4H3;8-9,11H,5-7H2,1-4H3;8H,6-7H2,1-5H3;2*8-9H,5-7H2,1-4H3;7-8,10H,5-6H2,1-4H3;10*1-2H3. The van der Waals surface area contributed by atoms with E-state index < -0.39 is 0 Å². The minimum absolute atomic E-state index is 0.382. The minimum Gasteiger partial charge on any atom is -0.316 e. The summed E-state index contributed by atoms with van der Waals surface area (Å²) in [5.41, 5.74) is 7.96. The topological polar surface area (TPSA) is 36.1 Å². The van der Waals surface area contributed by atoms with E-state index in [0.29, 0.717) is 65.2 Å². The van der Waals surface area contributed by atoms with Crippen LogP contribution in [0.5, 0.6) is 0 Å². The molecule has 3 saturated heterocycles. The van der Waals surface area contributed by atoms with E-state index in [9.17, 15) is 0 Å². The van der Waals surface area contributed by atoms with E-state index in [-0.39, 0.29) is 0 Å². The Balaban J connectivity index is -0.000000155. The first kappa shape index (κ1) is 153. The molecule has 10 fully saturated rings. The second kappa shape index (κ2) is 77.4. The van der Waals surface area contributed by atoms with Gasteiger partial charge in [-0.05, 0) is 295 Å². The highest BCUT2D eigenvalue weighted by atomic mass is 15.1. The van der Waals surface area contributed by atoms with Crippen molar-refractivity contribution in [3.63, 3.8) is 0 Å². The molecule has 0 aromatic heterocycles. The Kier molecular flexibility index (Phi) is 89.0. The van der Waals surface area contributed by atoms with Gasteiger partial charge in [0, 0.05) is 17.6 Å². The monoisotopic (exact) mass is 1890 g/mol. The van der Waals surface area contributed by atoms with E-state index in [1.807, 2.05) is 138 Å². The molecule has 0 bridgehead atoms. The SMILES string of the molecule is CC.CC.CC.CC.CC.CC.CC.CC.CC.CC.CC(C)(C)C1(C(C)(C)C)CCCCCC1.CC(C)C1(C(C)(C)C)CC1.CC(C)C1(C(C)(C)C)CCCN1.CC(C)C1(C(C)C)CCC1.CC(C)C1(C(C)C)CCC1.CC(C)C1(C(C)C)CCCC1.CC(C)C1(C(C)C)CCCCC1.CC(C)C1(C(C)C)CCCCC1.CC(C)C1(C(C)C)CCN1.CC(C)C1(C(C)C)CCNC1. The molecule has 3 N–H and O–H groups in total. The summed E-state index contributed by atoms with van der Waals surface area (Å²) in [6, 6.07) is 0. The molecule has 3 heteroatoms. The first-order valence-corrected chi connectivity index (χ1v) is 60.9. The quantitative estimate of drug-likeness (QED) is 0.135. The second-order valence-corrected chi connectivity index (χ2v) is 50.2. The average Bonchev–Trinajstić information content (AvgIpc) is 1.52. The molecule has 3 heterocycles. The van der Waals surface area contributed by atoms with Gasteiger partial charge in [-0.15, -0.1) is 0 Å². The highest BCUT2D eigenvalue weighted by molar-refractivity contribution is 5.06. The van der Waals surface area contributed by atoms with Crippen LogP contribution in [0.1, 0.15) is 649 Å². The van der Waals surface area contributed by atoms with Gasteiger partial charge in [0.15, 0.2) is 0 Å². The molecule has 1 atom stereocenters. The van der Waals surface area contributed by atoms with Gasteiger partial charge in [0.25, 0.3) is 0 Å². The van der Waals surface area contributed by atoms with Crippen LogP contribution in [-0.2, 0) is 0 Å². The highest BCUT2D eigenvalue weighted by Gasteiger charge is 2.55. The van der Waals surface area contributed by atoms with Crippen molar-refractivity contribution in [2.24, 2.45) is 160 Å². The lowest BCUT2D eigenvalue weighted by molar-refractivity contribution is -0.0462.